The molecule has 0 bridgehead atoms. The summed E-state index contributed by atoms with van der Waals surface area (Å²) in [7, 11) is 1.46. The normalized spacial score (nSPS) is 12.0. The van der Waals surface area contributed by atoms with Gasteiger partial charge in [-0.2, -0.15) is 18.3 Å². The average Bonchev–Trinajstić information content (AvgIpc) is 2.87. The Bertz CT molecular complexity index is 502. The molecule has 1 N–H and O–H groups in total. The van der Waals surface area contributed by atoms with Crippen molar-refractivity contribution in [1.29, 1.82) is 0 Å². The van der Waals surface area contributed by atoms with E-state index in [1.165, 1.54) is 19.5 Å². The molecule has 0 spiro atoms. The third-order valence-electron chi connectivity index (χ3n) is 2.37. The highest BCUT2D eigenvalue weighted by molar-refractivity contribution is 5.19. The van der Waals surface area contributed by atoms with E-state index in [9.17, 15) is 13.2 Å². The third-order valence-corrected chi connectivity index (χ3v) is 2.37. The minimum atomic E-state index is -4.43. The number of aryl methyl sites for hydroxylation is 1. The number of rotatable bonds is 4. The molecule has 0 unspecified atom stereocenters. The number of alkyl halides is 3. The third kappa shape index (κ3) is 2.92. The molecule has 0 saturated carbocycles. The van der Waals surface area contributed by atoms with Crippen molar-refractivity contribution in [3.8, 4) is 0 Å². The largest absolute Gasteiger partial charge is 0.468 e. The monoisotopic (exact) mass is 259 g/mol. The summed E-state index contributed by atoms with van der Waals surface area (Å²) in [6, 6.07) is 3.48. The van der Waals surface area contributed by atoms with Crippen molar-refractivity contribution in [3.05, 3.63) is 41.6 Å². The maximum atomic E-state index is 12.6. The lowest BCUT2D eigenvalue weighted by Crippen LogP contribution is -2.16. The summed E-state index contributed by atoms with van der Waals surface area (Å²) in [6.45, 7) is 0.461. The Labute approximate surface area is 101 Å². The summed E-state index contributed by atoms with van der Waals surface area (Å²) >= 11 is 0. The molecule has 0 aliphatic carbocycles. The molecule has 0 atom stereocenters. The summed E-state index contributed by atoms with van der Waals surface area (Å²) in [5, 5.41) is 6.31. The minimum absolute atomic E-state index is 0.0867. The van der Waals surface area contributed by atoms with Crippen molar-refractivity contribution in [1.82, 2.24) is 15.1 Å². The number of halogens is 3. The maximum Gasteiger partial charge on any atom is 0.435 e. The zero-order valence-corrected chi connectivity index (χ0v) is 9.66. The fourth-order valence-electron chi connectivity index (χ4n) is 1.64. The van der Waals surface area contributed by atoms with Crippen LogP contribution in [0, 0.1) is 0 Å². The first-order valence-electron chi connectivity index (χ1n) is 5.29. The first kappa shape index (κ1) is 12.7. The van der Waals surface area contributed by atoms with Gasteiger partial charge in [-0.15, -0.1) is 0 Å². The lowest BCUT2D eigenvalue weighted by atomic mass is 10.2. The van der Waals surface area contributed by atoms with E-state index in [1.54, 1.807) is 12.1 Å². The summed E-state index contributed by atoms with van der Waals surface area (Å²) in [6.07, 6.45) is -1.55. The highest BCUT2D eigenvalue weighted by atomic mass is 19.4. The Kier molecular flexibility index (Phi) is 3.42. The second-order valence-corrected chi connectivity index (χ2v) is 3.86. The smallest absolute Gasteiger partial charge is 0.435 e. The van der Waals surface area contributed by atoms with Gasteiger partial charge in [-0.1, -0.05) is 0 Å². The summed E-state index contributed by atoms with van der Waals surface area (Å²) < 4.78 is 44.1. The second kappa shape index (κ2) is 4.85. The van der Waals surface area contributed by atoms with Crippen LogP contribution in [0.4, 0.5) is 13.2 Å². The topological polar surface area (TPSA) is 43.0 Å². The maximum absolute atomic E-state index is 12.6. The Morgan fingerprint density at radius 2 is 2.17 bits per heavy atom. The Morgan fingerprint density at radius 3 is 2.78 bits per heavy atom. The molecule has 98 valence electrons. The molecule has 0 aromatic carbocycles. The molecule has 2 aromatic heterocycles. The first-order chi connectivity index (χ1) is 8.47. The molecule has 0 saturated heterocycles. The zero-order valence-electron chi connectivity index (χ0n) is 9.66. The fourth-order valence-corrected chi connectivity index (χ4v) is 1.64. The zero-order chi connectivity index (χ0) is 13.2. The molecule has 0 amide bonds. The van der Waals surface area contributed by atoms with Crippen LogP contribution in [0.25, 0.3) is 0 Å². The van der Waals surface area contributed by atoms with Crippen molar-refractivity contribution in [2.24, 2.45) is 7.05 Å². The van der Waals surface area contributed by atoms with Crippen molar-refractivity contribution in [2.75, 3.05) is 0 Å². The molecule has 0 fully saturated rings. The van der Waals surface area contributed by atoms with E-state index in [2.05, 4.69) is 10.4 Å². The van der Waals surface area contributed by atoms with Gasteiger partial charge in [0.05, 0.1) is 12.8 Å². The van der Waals surface area contributed by atoms with E-state index in [1.807, 2.05) is 0 Å². The number of aromatic nitrogens is 2. The Balaban J connectivity index is 2.01. The van der Waals surface area contributed by atoms with E-state index in [0.717, 1.165) is 4.68 Å². The lowest BCUT2D eigenvalue weighted by molar-refractivity contribution is -0.142. The molecule has 0 radical (unpaired) electrons. The predicted molar refractivity (Wildman–Crippen MR) is 57.5 cm³/mol. The van der Waals surface area contributed by atoms with Crippen LogP contribution in [0.15, 0.2) is 29.0 Å². The van der Waals surface area contributed by atoms with Gasteiger partial charge in [0.2, 0.25) is 0 Å². The molecule has 0 aliphatic rings. The molecule has 4 nitrogen and oxygen atoms in total. The van der Waals surface area contributed by atoms with E-state index in [4.69, 9.17) is 4.42 Å². The van der Waals surface area contributed by atoms with Gasteiger partial charge in [0.1, 0.15) is 5.76 Å². The summed E-state index contributed by atoms with van der Waals surface area (Å²) in [5.41, 5.74) is -0.728. The number of nitrogens with one attached hydrogen (secondary N) is 1. The van der Waals surface area contributed by atoms with E-state index < -0.39 is 11.9 Å². The molecular weight excluding hydrogens is 247 g/mol. The summed E-state index contributed by atoms with van der Waals surface area (Å²) in [4.78, 5) is 0. The molecular formula is C11H12F3N3O. The van der Waals surface area contributed by atoms with Gasteiger partial charge >= 0.3 is 6.18 Å². The van der Waals surface area contributed by atoms with E-state index >= 15 is 0 Å². The van der Waals surface area contributed by atoms with Crippen LogP contribution < -0.4 is 5.32 Å². The van der Waals surface area contributed by atoms with Gasteiger partial charge in [0, 0.05) is 25.4 Å². The van der Waals surface area contributed by atoms with Crippen LogP contribution in [0.2, 0.25) is 0 Å². The van der Waals surface area contributed by atoms with Crippen molar-refractivity contribution in [3.63, 3.8) is 0 Å². The molecule has 2 rings (SSSR count). The number of furan rings is 1. The van der Waals surface area contributed by atoms with Crippen molar-refractivity contribution >= 4 is 0 Å². The number of hydrogen-bond acceptors (Lipinski definition) is 3. The van der Waals surface area contributed by atoms with Gasteiger partial charge in [-0.25, -0.2) is 0 Å². The highest BCUT2D eigenvalue weighted by Crippen LogP contribution is 2.30. The van der Waals surface area contributed by atoms with Crippen LogP contribution in [-0.4, -0.2) is 9.78 Å². The SMILES string of the molecule is Cn1cc(CNCc2ccco2)c(C(F)(F)F)n1. The van der Waals surface area contributed by atoms with Gasteiger partial charge < -0.3 is 9.73 Å². The number of hydrogen-bond donors (Lipinski definition) is 1. The van der Waals surface area contributed by atoms with Crippen LogP contribution in [-0.2, 0) is 26.3 Å². The van der Waals surface area contributed by atoms with Crippen molar-refractivity contribution < 1.29 is 17.6 Å². The van der Waals surface area contributed by atoms with Crippen LogP contribution in [0.3, 0.4) is 0 Å². The number of nitrogens with zero attached hydrogens (tertiary/aromatic N) is 2. The van der Waals surface area contributed by atoms with Gasteiger partial charge in [0.25, 0.3) is 0 Å². The van der Waals surface area contributed by atoms with Crippen LogP contribution in [0.1, 0.15) is 17.0 Å². The fraction of sp³-hybridized carbons (Fsp3) is 0.364. The standard InChI is InChI=1S/C11H12F3N3O/c1-17-7-8(10(16-17)11(12,13)14)5-15-6-9-3-2-4-18-9/h2-4,7,15H,5-6H2,1H3. The van der Waals surface area contributed by atoms with Crippen molar-refractivity contribution in [2.45, 2.75) is 19.3 Å². The van der Waals surface area contributed by atoms with E-state index in [-0.39, 0.29) is 12.1 Å². The lowest BCUT2D eigenvalue weighted by Gasteiger charge is -2.06. The molecule has 0 aliphatic heterocycles. The first-order valence-corrected chi connectivity index (χ1v) is 5.29. The van der Waals surface area contributed by atoms with E-state index in [0.29, 0.717) is 12.3 Å². The Hall–Kier alpha value is -1.76. The second-order valence-electron chi connectivity index (χ2n) is 3.86. The predicted octanol–water partition coefficient (Wildman–Crippen LogP) is 2.32. The van der Waals surface area contributed by atoms with Gasteiger partial charge in [-0.05, 0) is 12.1 Å². The summed E-state index contributed by atoms with van der Waals surface area (Å²) in [5.74, 6) is 0.674. The Morgan fingerprint density at radius 1 is 1.39 bits per heavy atom. The quantitative estimate of drug-likeness (QED) is 0.916. The van der Waals surface area contributed by atoms with Crippen LogP contribution in [0.5, 0.6) is 0 Å². The molecule has 2 aromatic rings. The molecule has 7 heteroatoms. The highest BCUT2D eigenvalue weighted by Gasteiger charge is 2.36. The average molecular weight is 259 g/mol. The van der Waals surface area contributed by atoms with Gasteiger partial charge in [-0.3, -0.25) is 4.68 Å². The van der Waals surface area contributed by atoms with Crippen LogP contribution >= 0.6 is 0 Å². The minimum Gasteiger partial charge on any atom is -0.468 e. The molecule has 2 heterocycles. The van der Waals surface area contributed by atoms with Gasteiger partial charge in [0.15, 0.2) is 5.69 Å². The molecule has 18 heavy (non-hydrogen) atoms.